The highest BCUT2D eigenvalue weighted by molar-refractivity contribution is 8.01. The molecule has 0 aromatic heterocycles. The highest BCUT2D eigenvalue weighted by Gasteiger charge is 2.32. The first-order chi connectivity index (χ1) is 9.77. The number of methoxy groups -OCH3 is 1. The molecule has 1 aromatic carbocycles. The van der Waals surface area contributed by atoms with Gasteiger partial charge < -0.3 is 10.5 Å². The van der Waals surface area contributed by atoms with Gasteiger partial charge in [-0.3, -0.25) is 0 Å². The van der Waals surface area contributed by atoms with Crippen LogP contribution in [-0.2, 0) is 10.0 Å². The molecule has 0 aliphatic carbocycles. The van der Waals surface area contributed by atoms with E-state index in [0.717, 1.165) is 24.2 Å². The van der Waals surface area contributed by atoms with Crippen molar-refractivity contribution in [2.24, 2.45) is 0 Å². The van der Waals surface area contributed by atoms with E-state index in [9.17, 15) is 8.42 Å². The quantitative estimate of drug-likeness (QED) is 0.809. The number of nitrogens with two attached hydrogens (primary N) is 1. The minimum atomic E-state index is -3.64. The number of benzene rings is 1. The van der Waals surface area contributed by atoms with Crippen LogP contribution < -0.4 is 15.2 Å². The van der Waals surface area contributed by atoms with Crippen molar-refractivity contribution in [2.75, 3.05) is 25.1 Å². The highest BCUT2D eigenvalue weighted by atomic mass is 32.2. The molecule has 21 heavy (non-hydrogen) atoms. The molecular formula is C14H22N2O3S2. The van der Waals surface area contributed by atoms with Gasteiger partial charge in [0.15, 0.2) is 0 Å². The van der Waals surface area contributed by atoms with E-state index >= 15 is 0 Å². The van der Waals surface area contributed by atoms with E-state index in [2.05, 4.69) is 11.6 Å². The molecule has 1 aliphatic rings. The molecule has 7 heteroatoms. The second kappa shape index (κ2) is 6.06. The molecule has 0 bridgehead atoms. The third kappa shape index (κ3) is 3.64. The van der Waals surface area contributed by atoms with Crippen molar-refractivity contribution in [2.45, 2.75) is 36.3 Å². The van der Waals surface area contributed by atoms with Crippen LogP contribution in [0.1, 0.15) is 25.3 Å². The number of hydrogen-bond acceptors (Lipinski definition) is 5. The van der Waals surface area contributed by atoms with E-state index in [0.29, 0.717) is 18.0 Å². The molecule has 118 valence electrons. The highest BCUT2D eigenvalue weighted by Crippen LogP contribution is 2.37. The number of hydrogen-bond donors (Lipinski definition) is 2. The first-order valence-electron chi connectivity index (χ1n) is 6.85. The van der Waals surface area contributed by atoms with Gasteiger partial charge in [0.05, 0.1) is 7.11 Å². The van der Waals surface area contributed by atoms with Crippen LogP contribution in [-0.4, -0.2) is 32.6 Å². The molecular weight excluding hydrogens is 308 g/mol. The molecule has 2 rings (SSSR count). The lowest BCUT2D eigenvalue weighted by Gasteiger charge is -2.23. The average molecular weight is 330 g/mol. The van der Waals surface area contributed by atoms with Gasteiger partial charge in [-0.2, -0.15) is 11.8 Å². The van der Waals surface area contributed by atoms with Gasteiger partial charge in [-0.15, -0.1) is 0 Å². The molecule has 1 unspecified atom stereocenters. The van der Waals surface area contributed by atoms with Crippen LogP contribution in [0.25, 0.3) is 0 Å². The fourth-order valence-electron chi connectivity index (χ4n) is 2.35. The second-order valence-corrected chi connectivity index (χ2v) is 9.00. The molecule has 1 saturated heterocycles. The van der Waals surface area contributed by atoms with Gasteiger partial charge in [0.2, 0.25) is 10.0 Å². The van der Waals surface area contributed by atoms with Gasteiger partial charge in [0.1, 0.15) is 10.6 Å². The minimum Gasteiger partial charge on any atom is -0.495 e. The first-order valence-corrected chi connectivity index (χ1v) is 9.32. The Bertz CT molecular complexity index is 623. The number of thioether (sulfide) groups is 1. The Morgan fingerprint density at radius 2 is 2.19 bits per heavy atom. The molecule has 5 nitrogen and oxygen atoms in total. The zero-order chi connectivity index (χ0) is 15.7. The maximum Gasteiger partial charge on any atom is 0.244 e. The normalized spacial score (nSPS) is 22.4. The van der Waals surface area contributed by atoms with Crippen molar-refractivity contribution in [3.8, 4) is 5.75 Å². The van der Waals surface area contributed by atoms with E-state index in [1.54, 1.807) is 6.07 Å². The number of aryl methyl sites for hydroxylation is 1. The van der Waals surface area contributed by atoms with Crippen LogP contribution in [0, 0.1) is 6.92 Å². The fourth-order valence-corrected chi connectivity index (χ4v) is 5.04. The van der Waals surface area contributed by atoms with Crippen LogP contribution in [0.2, 0.25) is 0 Å². The number of sulfonamides is 1. The summed E-state index contributed by atoms with van der Waals surface area (Å²) < 4.78 is 32.9. The lowest BCUT2D eigenvalue weighted by Crippen LogP contribution is -2.36. The summed E-state index contributed by atoms with van der Waals surface area (Å²) in [5, 5.41) is 0. The van der Waals surface area contributed by atoms with Crippen LogP contribution in [0.4, 0.5) is 5.69 Å². The van der Waals surface area contributed by atoms with Crippen molar-refractivity contribution in [3.63, 3.8) is 0 Å². The Morgan fingerprint density at radius 3 is 2.76 bits per heavy atom. The Labute approximate surface area is 130 Å². The molecule has 0 amide bonds. The smallest absolute Gasteiger partial charge is 0.244 e. The summed E-state index contributed by atoms with van der Waals surface area (Å²) in [6.07, 6.45) is 2.15. The third-order valence-electron chi connectivity index (χ3n) is 3.78. The first kappa shape index (κ1) is 16.5. The predicted molar refractivity (Wildman–Crippen MR) is 87.4 cm³/mol. The zero-order valence-electron chi connectivity index (χ0n) is 12.6. The maximum absolute atomic E-state index is 12.5. The summed E-state index contributed by atoms with van der Waals surface area (Å²) >= 11 is 1.81. The Balaban J connectivity index is 2.25. The Kier molecular flexibility index (Phi) is 4.75. The number of nitrogen functional groups attached to an aromatic ring is 1. The van der Waals surface area contributed by atoms with Gasteiger partial charge in [0, 0.05) is 17.0 Å². The van der Waals surface area contributed by atoms with Crippen molar-refractivity contribution in [1.82, 2.24) is 4.72 Å². The maximum atomic E-state index is 12.5. The Hall–Kier alpha value is -0.920. The van der Waals surface area contributed by atoms with Gasteiger partial charge >= 0.3 is 0 Å². The fraction of sp³-hybridized carbons (Fsp3) is 0.571. The van der Waals surface area contributed by atoms with Crippen LogP contribution in [0.5, 0.6) is 5.75 Å². The second-order valence-electron chi connectivity index (χ2n) is 5.59. The molecule has 1 aromatic rings. The molecule has 0 radical (unpaired) electrons. The average Bonchev–Trinajstić information content (AvgIpc) is 2.87. The molecule has 0 saturated carbocycles. The third-order valence-corrected chi connectivity index (χ3v) is 6.74. The number of ether oxygens (including phenoxy) is 1. The monoisotopic (exact) mass is 330 g/mol. The lowest BCUT2D eigenvalue weighted by molar-refractivity contribution is 0.402. The summed E-state index contributed by atoms with van der Waals surface area (Å²) in [5.41, 5.74) is 7.07. The largest absolute Gasteiger partial charge is 0.495 e. The molecule has 1 heterocycles. The summed E-state index contributed by atoms with van der Waals surface area (Å²) in [7, 11) is -2.18. The molecule has 1 aliphatic heterocycles. The number of rotatable bonds is 5. The topological polar surface area (TPSA) is 81.4 Å². The van der Waals surface area contributed by atoms with Crippen molar-refractivity contribution < 1.29 is 13.2 Å². The summed E-state index contributed by atoms with van der Waals surface area (Å²) in [5.74, 6) is 1.40. The standard InChI is InChI=1S/C14H22N2O3S2/c1-10-7-12(19-3)13(8-11(10)15)21(17,18)16-9-14(2)5-4-6-20-14/h7-8,16H,4-6,9,15H2,1-3H3. The van der Waals surface area contributed by atoms with E-state index in [1.165, 1.54) is 13.2 Å². The van der Waals surface area contributed by atoms with Crippen molar-refractivity contribution in [3.05, 3.63) is 17.7 Å². The molecule has 0 spiro atoms. The van der Waals surface area contributed by atoms with Crippen LogP contribution in [0.15, 0.2) is 17.0 Å². The van der Waals surface area contributed by atoms with E-state index in [4.69, 9.17) is 10.5 Å². The molecule has 3 N–H and O–H groups in total. The predicted octanol–water partition coefficient (Wildman–Crippen LogP) is 2.15. The van der Waals surface area contributed by atoms with Gasteiger partial charge in [0.25, 0.3) is 0 Å². The molecule has 1 fully saturated rings. The van der Waals surface area contributed by atoms with Crippen LogP contribution in [0.3, 0.4) is 0 Å². The molecule has 1 atom stereocenters. The van der Waals surface area contributed by atoms with Crippen LogP contribution >= 0.6 is 11.8 Å². The van der Waals surface area contributed by atoms with Crippen molar-refractivity contribution >= 4 is 27.5 Å². The van der Waals surface area contributed by atoms with Gasteiger partial charge in [-0.1, -0.05) is 0 Å². The zero-order valence-corrected chi connectivity index (χ0v) is 14.2. The minimum absolute atomic E-state index is 0.0312. The van der Waals surface area contributed by atoms with Crippen molar-refractivity contribution in [1.29, 1.82) is 0 Å². The Morgan fingerprint density at radius 1 is 1.48 bits per heavy atom. The SMILES string of the molecule is COc1cc(C)c(N)cc1S(=O)(=O)NCC1(C)CCCS1. The number of nitrogens with one attached hydrogen (secondary N) is 1. The van der Waals surface area contributed by atoms with Gasteiger partial charge in [-0.25, -0.2) is 13.1 Å². The van der Waals surface area contributed by atoms with E-state index in [1.807, 2.05) is 18.7 Å². The number of anilines is 1. The summed E-state index contributed by atoms with van der Waals surface area (Å²) in [6.45, 7) is 4.32. The van der Waals surface area contributed by atoms with Gasteiger partial charge in [-0.05, 0) is 50.1 Å². The van der Waals surface area contributed by atoms with E-state index in [-0.39, 0.29) is 9.64 Å². The summed E-state index contributed by atoms with van der Waals surface area (Å²) in [6, 6.07) is 3.11. The lowest BCUT2D eigenvalue weighted by atomic mass is 10.1. The summed E-state index contributed by atoms with van der Waals surface area (Å²) in [4.78, 5) is 0.0969. The van der Waals surface area contributed by atoms with E-state index < -0.39 is 10.0 Å².